The number of rotatable bonds is 9. The third-order valence-corrected chi connectivity index (χ3v) is 6.05. The van der Waals surface area contributed by atoms with Gasteiger partial charge in [0, 0.05) is 43.8 Å². The molecule has 168 valence electrons. The molecule has 7 heteroatoms. The van der Waals surface area contributed by atoms with Crippen LogP contribution in [0, 0.1) is 0 Å². The SMILES string of the molecule is COC[C@@H]1CCCN1CCc1ccc(-n2ccc(OCc3ccc(Cl)cn3)cc2=O)cc1. The molecule has 6 nitrogen and oxygen atoms in total. The largest absolute Gasteiger partial charge is 0.487 e. The number of pyridine rings is 2. The van der Waals surface area contributed by atoms with Crippen LogP contribution in [0.5, 0.6) is 5.75 Å². The highest BCUT2D eigenvalue weighted by Crippen LogP contribution is 2.19. The molecule has 0 amide bonds. The number of benzene rings is 1. The van der Waals surface area contributed by atoms with Gasteiger partial charge in [-0.2, -0.15) is 0 Å². The molecule has 3 aromatic rings. The van der Waals surface area contributed by atoms with Crippen LogP contribution in [0.25, 0.3) is 5.69 Å². The molecular formula is C25H28ClN3O3. The van der Waals surface area contributed by atoms with Crippen molar-refractivity contribution in [2.45, 2.75) is 31.9 Å². The zero-order valence-electron chi connectivity index (χ0n) is 18.2. The summed E-state index contributed by atoms with van der Waals surface area (Å²) in [6.07, 6.45) is 6.75. The van der Waals surface area contributed by atoms with Crippen LogP contribution in [0.4, 0.5) is 0 Å². The van der Waals surface area contributed by atoms with E-state index in [0.29, 0.717) is 16.8 Å². The summed E-state index contributed by atoms with van der Waals surface area (Å²) in [5, 5.41) is 0.577. The number of hydrogen-bond acceptors (Lipinski definition) is 5. The van der Waals surface area contributed by atoms with Gasteiger partial charge in [-0.05, 0) is 61.7 Å². The molecule has 32 heavy (non-hydrogen) atoms. The van der Waals surface area contributed by atoms with Gasteiger partial charge in [-0.1, -0.05) is 23.7 Å². The van der Waals surface area contributed by atoms with Crippen molar-refractivity contribution >= 4 is 11.6 Å². The van der Waals surface area contributed by atoms with Crippen LogP contribution in [-0.4, -0.2) is 47.3 Å². The third kappa shape index (κ3) is 5.76. The molecule has 1 aliphatic heterocycles. The van der Waals surface area contributed by atoms with Gasteiger partial charge in [-0.25, -0.2) is 0 Å². The lowest BCUT2D eigenvalue weighted by molar-refractivity contribution is 0.116. The molecule has 0 N–H and O–H groups in total. The first-order valence-electron chi connectivity index (χ1n) is 10.9. The molecule has 0 aliphatic carbocycles. The lowest BCUT2D eigenvalue weighted by Crippen LogP contribution is -2.34. The number of halogens is 1. The van der Waals surface area contributed by atoms with Crippen molar-refractivity contribution in [3.05, 3.63) is 87.6 Å². The van der Waals surface area contributed by atoms with E-state index >= 15 is 0 Å². The number of ether oxygens (including phenoxy) is 2. The van der Waals surface area contributed by atoms with Crippen LogP contribution in [0.1, 0.15) is 24.1 Å². The van der Waals surface area contributed by atoms with Crippen LogP contribution >= 0.6 is 11.6 Å². The van der Waals surface area contributed by atoms with E-state index in [1.54, 1.807) is 42.3 Å². The molecule has 1 fully saturated rings. The Hall–Kier alpha value is -2.67. The van der Waals surface area contributed by atoms with Gasteiger partial charge in [-0.3, -0.25) is 19.2 Å². The zero-order valence-corrected chi connectivity index (χ0v) is 19.0. The molecule has 4 rings (SSSR count). The maximum atomic E-state index is 12.6. The quantitative estimate of drug-likeness (QED) is 0.488. The molecule has 3 heterocycles. The number of likely N-dealkylation sites (tertiary alicyclic amines) is 1. The van der Waals surface area contributed by atoms with E-state index in [4.69, 9.17) is 21.1 Å². The first kappa shape index (κ1) is 22.5. The molecule has 0 radical (unpaired) electrons. The predicted molar refractivity (Wildman–Crippen MR) is 126 cm³/mol. The Bertz CT molecular complexity index is 1070. The van der Waals surface area contributed by atoms with Crippen LogP contribution in [0.15, 0.2) is 65.7 Å². The fourth-order valence-electron chi connectivity index (χ4n) is 4.08. The second-order valence-corrected chi connectivity index (χ2v) is 8.47. The van der Waals surface area contributed by atoms with E-state index in [1.165, 1.54) is 24.5 Å². The van der Waals surface area contributed by atoms with Crippen molar-refractivity contribution in [3.63, 3.8) is 0 Å². The first-order chi connectivity index (χ1) is 15.6. The van der Waals surface area contributed by atoms with Gasteiger partial charge in [0.15, 0.2) is 0 Å². The summed E-state index contributed by atoms with van der Waals surface area (Å²) in [5.41, 5.74) is 2.71. The summed E-state index contributed by atoms with van der Waals surface area (Å²) in [5.74, 6) is 0.510. The lowest BCUT2D eigenvalue weighted by atomic mass is 10.1. The maximum absolute atomic E-state index is 12.6. The molecule has 0 unspecified atom stereocenters. The van der Waals surface area contributed by atoms with E-state index in [0.717, 1.165) is 37.5 Å². The van der Waals surface area contributed by atoms with E-state index in [1.807, 2.05) is 12.1 Å². The summed E-state index contributed by atoms with van der Waals surface area (Å²) < 4.78 is 12.7. The number of nitrogens with zero attached hydrogens (tertiary/aromatic N) is 3. The van der Waals surface area contributed by atoms with E-state index in [9.17, 15) is 4.79 Å². The van der Waals surface area contributed by atoms with Gasteiger partial charge in [0.05, 0.1) is 17.3 Å². The Morgan fingerprint density at radius 2 is 2.00 bits per heavy atom. The fourth-order valence-corrected chi connectivity index (χ4v) is 4.19. The van der Waals surface area contributed by atoms with Crippen LogP contribution in [0.3, 0.4) is 0 Å². The molecule has 1 atom stereocenters. The molecule has 2 aromatic heterocycles. The Balaban J connectivity index is 1.35. The highest BCUT2D eigenvalue weighted by atomic mass is 35.5. The molecule has 1 aliphatic rings. The Morgan fingerprint density at radius 3 is 2.72 bits per heavy atom. The van der Waals surface area contributed by atoms with Crippen molar-refractivity contribution in [1.29, 1.82) is 0 Å². The normalized spacial score (nSPS) is 16.4. The summed E-state index contributed by atoms with van der Waals surface area (Å²) in [4.78, 5) is 19.3. The standard InChI is InChI=1S/C25H28ClN3O3/c1-31-18-23-3-2-12-28(23)13-10-19-4-8-22(9-5-19)29-14-11-24(15-25(29)30)32-17-21-7-6-20(26)16-27-21/h4-9,11,14-16,23H,2-3,10,12-13,17-18H2,1H3/t23-/m0/s1. The molecule has 1 saturated heterocycles. The van der Waals surface area contributed by atoms with Crippen molar-refractivity contribution in [3.8, 4) is 11.4 Å². The number of methoxy groups -OCH3 is 1. The molecule has 1 aromatic carbocycles. The van der Waals surface area contributed by atoms with Gasteiger partial charge in [0.25, 0.3) is 5.56 Å². The van der Waals surface area contributed by atoms with E-state index < -0.39 is 0 Å². The monoisotopic (exact) mass is 453 g/mol. The van der Waals surface area contributed by atoms with Gasteiger partial charge in [-0.15, -0.1) is 0 Å². The van der Waals surface area contributed by atoms with E-state index in [2.05, 4.69) is 22.0 Å². The van der Waals surface area contributed by atoms with Crippen molar-refractivity contribution < 1.29 is 9.47 Å². The van der Waals surface area contributed by atoms with Crippen LogP contribution < -0.4 is 10.3 Å². The molecule has 0 saturated carbocycles. The Morgan fingerprint density at radius 1 is 1.16 bits per heavy atom. The Kier molecular flexibility index (Phi) is 7.58. The van der Waals surface area contributed by atoms with E-state index in [-0.39, 0.29) is 12.2 Å². The van der Waals surface area contributed by atoms with Crippen molar-refractivity contribution in [1.82, 2.24) is 14.5 Å². The third-order valence-electron chi connectivity index (χ3n) is 5.83. The zero-order chi connectivity index (χ0) is 22.3. The number of aromatic nitrogens is 2. The van der Waals surface area contributed by atoms with Gasteiger partial charge < -0.3 is 9.47 Å². The van der Waals surface area contributed by atoms with Crippen LogP contribution in [-0.2, 0) is 17.8 Å². The maximum Gasteiger partial charge on any atom is 0.258 e. The highest BCUT2D eigenvalue weighted by molar-refractivity contribution is 6.30. The minimum absolute atomic E-state index is 0.140. The Labute approximate surface area is 193 Å². The minimum Gasteiger partial charge on any atom is -0.487 e. The second kappa shape index (κ2) is 10.8. The topological polar surface area (TPSA) is 56.6 Å². The average molecular weight is 454 g/mol. The summed E-state index contributed by atoms with van der Waals surface area (Å²) in [7, 11) is 1.77. The van der Waals surface area contributed by atoms with Gasteiger partial charge in [0.2, 0.25) is 0 Å². The molecule has 0 spiro atoms. The number of hydrogen-bond donors (Lipinski definition) is 0. The minimum atomic E-state index is -0.140. The summed E-state index contributed by atoms with van der Waals surface area (Å²) >= 11 is 5.85. The molecular weight excluding hydrogens is 426 g/mol. The van der Waals surface area contributed by atoms with Gasteiger partial charge >= 0.3 is 0 Å². The summed E-state index contributed by atoms with van der Waals surface area (Å²) in [6.45, 7) is 3.25. The van der Waals surface area contributed by atoms with Crippen molar-refractivity contribution in [2.75, 3.05) is 26.8 Å². The smallest absolute Gasteiger partial charge is 0.258 e. The van der Waals surface area contributed by atoms with Gasteiger partial charge in [0.1, 0.15) is 12.4 Å². The fraction of sp³-hybridized carbons (Fsp3) is 0.360. The first-order valence-corrected chi connectivity index (χ1v) is 11.3. The second-order valence-electron chi connectivity index (χ2n) is 8.03. The predicted octanol–water partition coefficient (Wildman–Crippen LogP) is 4.12. The van der Waals surface area contributed by atoms with Crippen molar-refractivity contribution in [2.24, 2.45) is 0 Å². The lowest BCUT2D eigenvalue weighted by Gasteiger charge is -2.23. The van der Waals surface area contributed by atoms with Crippen LogP contribution in [0.2, 0.25) is 5.02 Å². The summed E-state index contributed by atoms with van der Waals surface area (Å²) in [6, 6.07) is 15.6. The average Bonchev–Trinajstić information content (AvgIpc) is 3.25. The molecule has 0 bridgehead atoms. The highest BCUT2D eigenvalue weighted by Gasteiger charge is 2.23.